The van der Waals surface area contributed by atoms with Crippen molar-refractivity contribution in [1.82, 2.24) is 9.97 Å². The average molecular weight is 321 g/mol. The van der Waals surface area contributed by atoms with Crippen molar-refractivity contribution in [3.63, 3.8) is 0 Å². The van der Waals surface area contributed by atoms with Crippen LogP contribution in [-0.2, 0) is 6.42 Å². The van der Waals surface area contributed by atoms with E-state index in [0.717, 1.165) is 28.1 Å². The Kier molecular flexibility index (Phi) is 3.75. The highest BCUT2D eigenvalue weighted by atomic mass is 32.1. The number of aryl methyl sites for hydroxylation is 1. The number of H-pyrrole nitrogens is 1. The number of anilines is 2. The average Bonchev–Trinajstić information content (AvgIpc) is 3.19. The first-order valence-corrected chi connectivity index (χ1v) is 8.87. The maximum absolute atomic E-state index is 4.53. The highest BCUT2D eigenvalue weighted by Crippen LogP contribution is 2.32. The predicted octanol–water partition coefficient (Wildman–Crippen LogP) is 5.86. The van der Waals surface area contributed by atoms with Crippen LogP contribution in [-0.4, -0.2) is 9.97 Å². The lowest BCUT2D eigenvalue weighted by molar-refractivity contribution is 0.804. The second kappa shape index (κ2) is 6.05. The molecule has 116 valence electrons. The molecule has 0 aliphatic heterocycles. The maximum atomic E-state index is 4.53. The molecular formula is C19H19N3S. The van der Waals surface area contributed by atoms with Gasteiger partial charge >= 0.3 is 0 Å². The van der Waals surface area contributed by atoms with E-state index in [0.29, 0.717) is 0 Å². The summed E-state index contributed by atoms with van der Waals surface area (Å²) in [5, 5.41) is 5.99. The standard InChI is InChI=1S/C19H19N3S/c1-2-3-4-15-12-16-18(8-10-21-19(16)23-15)22-14-5-6-17-13(11-14)7-9-20-17/h5-12,20H,2-4H2,1H3,(H,21,22). The smallest absolute Gasteiger partial charge is 0.125 e. The summed E-state index contributed by atoms with van der Waals surface area (Å²) < 4.78 is 0. The van der Waals surface area contributed by atoms with Gasteiger partial charge in [-0.25, -0.2) is 4.98 Å². The highest BCUT2D eigenvalue weighted by molar-refractivity contribution is 7.18. The summed E-state index contributed by atoms with van der Waals surface area (Å²) in [6.07, 6.45) is 7.47. The van der Waals surface area contributed by atoms with Crippen molar-refractivity contribution in [2.45, 2.75) is 26.2 Å². The lowest BCUT2D eigenvalue weighted by Gasteiger charge is -2.07. The molecule has 0 fully saturated rings. The number of fused-ring (bicyclic) bond motifs is 2. The van der Waals surface area contributed by atoms with Crippen LogP contribution in [0.25, 0.3) is 21.1 Å². The van der Waals surface area contributed by atoms with Gasteiger partial charge < -0.3 is 10.3 Å². The molecule has 0 aliphatic rings. The van der Waals surface area contributed by atoms with Crippen molar-refractivity contribution in [1.29, 1.82) is 0 Å². The van der Waals surface area contributed by atoms with Crippen LogP contribution in [0.4, 0.5) is 11.4 Å². The van der Waals surface area contributed by atoms with Crippen molar-refractivity contribution in [3.8, 4) is 0 Å². The first-order valence-electron chi connectivity index (χ1n) is 8.05. The van der Waals surface area contributed by atoms with E-state index >= 15 is 0 Å². The van der Waals surface area contributed by atoms with Gasteiger partial charge in [0, 0.05) is 39.2 Å². The van der Waals surface area contributed by atoms with Crippen LogP contribution in [0, 0.1) is 0 Å². The summed E-state index contributed by atoms with van der Waals surface area (Å²) in [6, 6.07) is 12.8. The fourth-order valence-corrected chi connectivity index (χ4v) is 3.92. The molecule has 0 bridgehead atoms. The van der Waals surface area contributed by atoms with Gasteiger partial charge in [-0.2, -0.15) is 0 Å². The molecule has 0 radical (unpaired) electrons. The van der Waals surface area contributed by atoms with E-state index in [1.807, 2.05) is 23.7 Å². The zero-order valence-corrected chi connectivity index (χ0v) is 13.9. The van der Waals surface area contributed by atoms with Gasteiger partial charge in [0.05, 0.1) is 5.69 Å². The van der Waals surface area contributed by atoms with E-state index in [9.17, 15) is 0 Å². The van der Waals surface area contributed by atoms with Crippen LogP contribution in [0.2, 0.25) is 0 Å². The van der Waals surface area contributed by atoms with Crippen molar-refractivity contribution in [3.05, 3.63) is 53.7 Å². The van der Waals surface area contributed by atoms with Gasteiger partial charge in [-0.3, -0.25) is 0 Å². The Morgan fingerprint density at radius 2 is 2.13 bits per heavy atom. The van der Waals surface area contributed by atoms with Crippen LogP contribution >= 0.6 is 11.3 Å². The first kappa shape index (κ1) is 14.3. The van der Waals surface area contributed by atoms with Gasteiger partial charge in [0.25, 0.3) is 0 Å². The topological polar surface area (TPSA) is 40.7 Å². The molecule has 4 rings (SSSR count). The molecule has 0 unspecified atom stereocenters. The van der Waals surface area contributed by atoms with Crippen molar-refractivity contribution in [2.24, 2.45) is 0 Å². The van der Waals surface area contributed by atoms with Crippen molar-refractivity contribution in [2.75, 3.05) is 5.32 Å². The number of rotatable bonds is 5. The lowest BCUT2D eigenvalue weighted by Crippen LogP contribution is -1.91. The summed E-state index contributed by atoms with van der Waals surface area (Å²) in [4.78, 5) is 10.3. The Morgan fingerprint density at radius 1 is 1.17 bits per heavy atom. The van der Waals surface area contributed by atoms with Gasteiger partial charge in [0.2, 0.25) is 0 Å². The first-order chi connectivity index (χ1) is 11.3. The van der Waals surface area contributed by atoms with Gasteiger partial charge in [-0.05, 0) is 49.2 Å². The Balaban J connectivity index is 1.68. The van der Waals surface area contributed by atoms with Crippen LogP contribution < -0.4 is 5.32 Å². The van der Waals surface area contributed by atoms with Crippen LogP contribution in [0.1, 0.15) is 24.6 Å². The molecule has 2 N–H and O–H groups in total. The highest BCUT2D eigenvalue weighted by Gasteiger charge is 2.08. The fourth-order valence-electron chi connectivity index (χ4n) is 2.86. The molecular weight excluding hydrogens is 302 g/mol. The molecule has 4 aromatic rings. The number of hydrogen-bond acceptors (Lipinski definition) is 3. The third-order valence-electron chi connectivity index (χ3n) is 4.10. The van der Waals surface area contributed by atoms with Crippen molar-refractivity contribution < 1.29 is 0 Å². The third kappa shape index (κ3) is 2.82. The van der Waals surface area contributed by atoms with E-state index in [2.05, 4.69) is 58.6 Å². The summed E-state index contributed by atoms with van der Waals surface area (Å²) >= 11 is 1.81. The van der Waals surface area contributed by atoms with Crippen LogP contribution in [0.3, 0.4) is 0 Å². The molecule has 4 heteroatoms. The molecule has 0 spiro atoms. The normalized spacial score (nSPS) is 11.3. The molecule has 0 atom stereocenters. The minimum absolute atomic E-state index is 1.10. The quantitative estimate of drug-likeness (QED) is 0.483. The lowest BCUT2D eigenvalue weighted by atomic mass is 10.2. The Morgan fingerprint density at radius 3 is 3.04 bits per heavy atom. The van der Waals surface area contributed by atoms with E-state index in [1.165, 1.54) is 28.5 Å². The number of aromatic nitrogens is 2. The second-order valence-electron chi connectivity index (χ2n) is 5.80. The molecule has 0 aliphatic carbocycles. The molecule has 0 saturated heterocycles. The van der Waals surface area contributed by atoms with E-state index in [4.69, 9.17) is 0 Å². The summed E-state index contributed by atoms with van der Waals surface area (Å²) in [5.74, 6) is 0. The van der Waals surface area contributed by atoms with Gasteiger partial charge in [0.1, 0.15) is 4.83 Å². The number of pyridine rings is 1. The Labute approximate surface area is 139 Å². The number of aromatic amines is 1. The van der Waals surface area contributed by atoms with Crippen molar-refractivity contribution >= 4 is 43.8 Å². The van der Waals surface area contributed by atoms with Crippen LogP contribution in [0.15, 0.2) is 48.8 Å². The zero-order chi connectivity index (χ0) is 15.6. The summed E-state index contributed by atoms with van der Waals surface area (Å²) in [5.41, 5.74) is 3.39. The molecule has 0 saturated carbocycles. The van der Waals surface area contributed by atoms with Gasteiger partial charge in [0.15, 0.2) is 0 Å². The number of unbranched alkanes of at least 4 members (excludes halogenated alkanes) is 1. The maximum Gasteiger partial charge on any atom is 0.125 e. The molecule has 3 nitrogen and oxygen atoms in total. The molecule has 23 heavy (non-hydrogen) atoms. The van der Waals surface area contributed by atoms with Gasteiger partial charge in [-0.15, -0.1) is 11.3 Å². The summed E-state index contributed by atoms with van der Waals surface area (Å²) in [6.45, 7) is 2.23. The molecule has 0 amide bonds. The number of nitrogens with one attached hydrogen (secondary N) is 2. The van der Waals surface area contributed by atoms with Crippen LogP contribution in [0.5, 0.6) is 0 Å². The predicted molar refractivity (Wildman–Crippen MR) is 99.8 cm³/mol. The number of nitrogens with zero attached hydrogens (tertiary/aromatic N) is 1. The van der Waals surface area contributed by atoms with E-state index in [-0.39, 0.29) is 0 Å². The Hall–Kier alpha value is -2.33. The minimum atomic E-state index is 1.10. The summed E-state index contributed by atoms with van der Waals surface area (Å²) in [7, 11) is 0. The van der Waals surface area contributed by atoms with E-state index in [1.54, 1.807) is 0 Å². The number of thiophene rings is 1. The third-order valence-corrected chi connectivity index (χ3v) is 5.20. The zero-order valence-electron chi connectivity index (χ0n) is 13.1. The van der Waals surface area contributed by atoms with Gasteiger partial charge in [-0.1, -0.05) is 13.3 Å². The Bertz CT molecular complexity index is 951. The SMILES string of the molecule is CCCCc1cc2c(Nc3ccc4[nH]ccc4c3)ccnc2s1. The number of hydrogen-bond donors (Lipinski definition) is 2. The van der Waals surface area contributed by atoms with E-state index < -0.39 is 0 Å². The minimum Gasteiger partial charge on any atom is -0.361 e. The second-order valence-corrected chi connectivity index (χ2v) is 6.91. The molecule has 3 aromatic heterocycles. The number of benzene rings is 1. The molecule has 1 aromatic carbocycles. The fraction of sp³-hybridized carbons (Fsp3) is 0.211. The molecule has 3 heterocycles. The monoisotopic (exact) mass is 321 g/mol. The largest absolute Gasteiger partial charge is 0.361 e.